The zero-order chi connectivity index (χ0) is 11.2. The van der Waals surface area contributed by atoms with E-state index in [2.05, 4.69) is 10.3 Å². The molecule has 1 aromatic heterocycles. The molecule has 1 aromatic rings. The standard InChI is InChI=1S/C12H17FN2O/c13-11-6-10(8-15-9-11)7-14-4-3-12-2-1-5-16-12/h6,8-9,12,14H,1-5,7H2. The normalized spacial score (nSPS) is 20.2. The maximum Gasteiger partial charge on any atom is 0.141 e. The van der Waals surface area contributed by atoms with Crippen LogP contribution in [0.5, 0.6) is 0 Å². The van der Waals surface area contributed by atoms with Crippen LogP contribution in [-0.4, -0.2) is 24.2 Å². The highest BCUT2D eigenvalue weighted by molar-refractivity contribution is 5.09. The van der Waals surface area contributed by atoms with Crippen molar-refractivity contribution in [1.29, 1.82) is 0 Å². The van der Waals surface area contributed by atoms with E-state index in [0.29, 0.717) is 12.6 Å². The van der Waals surface area contributed by atoms with Crippen molar-refractivity contribution in [2.75, 3.05) is 13.2 Å². The molecule has 1 saturated heterocycles. The summed E-state index contributed by atoms with van der Waals surface area (Å²) in [6.45, 7) is 2.47. The van der Waals surface area contributed by atoms with E-state index in [9.17, 15) is 4.39 Å². The first-order valence-corrected chi connectivity index (χ1v) is 5.76. The SMILES string of the molecule is Fc1cncc(CNCCC2CCCO2)c1. The molecule has 2 heterocycles. The summed E-state index contributed by atoms with van der Waals surface area (Å²) < 4.78 is 18.3. The summed E-state index contributed by atoms with van der Waals surface area (Å²) >= 11 is 0. The van der Waals surface area contributed by atoms with E-state index in [4.69, 9.17) is 4.74 Å². The number of pyridine rings is 1. The van der Waals surface area contributed by atoms with Crippen molar-refractivity contribution in [2.24, 2.45) is 0 Å². The maximum absolute atomic E-state index is 12.8. The molecule has 0 amide bonds. The molecule has 1 atom stereocenters. The van der Waals surface area contributed by atoms with Crippen molar-refractivity contribution in [2.45, 2.75) is 31.9 Å². The highest BCUT2D eigenvalue weighted by atomic mass is 19.1. The highest BCUT2D eigenvalue weighted by Crippen LogP contribution is 2.14. The average molecular weight is 224 g/mol. The van der Waals surface area contributed by atoms with Gasteiger partial charge in [0, 0.05) is 19.3 Å². The highest BCUT2D eigenvalue weighted by Gasteiger charge is 2.14. The van der Waals surface area contributed by atoms with E-state index in [-0.39, 0.29) is 5.82 Å². The van der Waals surface area contributed by atoms with Crippen LogP contribution in [0.25, 0.3) is 0 Å². The van der Waals surface area contributed by atoms with Crippen LogP contribution in [0.2, 0.25) is 0 Å². The van der Waals surface area contributed by atoms with Gasteiger partial charge in [-0.1, -0.05) is 0 Å². The van der Waals surface area contributed by atoms with Crippen molar-refractivity contribution < 1.29 is 9.13 Å². The number of nitrogens with one attached hydrogen (secondary N) is 1. The number of aromatic nitrogens is 1. The fourth-order valence-electron chi connectivity index (χ4n) is 1.92. The van der Waals surface area contributed by atoms with Crippen LogP contribution in [0, 0.1) is 5.82 Å². The second-order valence-electron chi connectivity index (χ2n) is 4.11. The first kappa shape index (κ1) is 11.5. The second-order valence-corrected chi connectivity index (χ2v) is 4.11. The molecule has 0 aliphatic carbocycles. The van der Waals surface area contributed by atoms with E-state index < -0.39 is 0 Å². The number of hydrogen-bond donors (Lipinski definition) is 1. The van der Waals surface area contributed by atoms with Gasteiger partial charge in [-0.2, -0.15) is 0 Å². The smallest absolute Gasteiger partial charge is 0.141 e. The van der Waals surface area contributed by atoms with Gasteiger partial charge in [0.2, 0.25) is 0 Å². The van der Waals surface area contributed by atoms with Crippen LogP contribution in [0.1, 0.15) is 24.8 Å². The van der Waals surface area contributed by atoms with Gasteiger partial charge >= 0.3 is 0 Å². The van der Waals surface area contributed by atoms with Crippen LogP contribution in [0.15, 0.2) is 18.5 Å². The van der Waals surface area contributed by atoms with Gasteiger partial charge in [-0.05, 0) is 37.4 Å². The second kappa shape index (κ2) is 5.92. The lowest BCUT2D eigenvalue weighted by atomic mass is 10.2. The molecule has 3 nitrogen and oxygen atoms in total. The van der Waals surface area contributed by atoms with E-state index >= 15 is 0 Å². The molecule has 0 aromatic carbocycles. The monoisotopic (exact) mass is 224 g/mol. The predicted molar refractivity (Wildman–Crippen MR) is 59.5 cm³/mol. The van der Waals surface area contributed by atoms with Gasteiger partial charge in [-0.25, -0.2) is 4.39 Å². The minimum atomic E-state index is -0.279. The molecule has 0 radical (unpaired) electrons. The van der Waals surface area contributed by atoms with Crippen molar-refractivity contribution in [3.05, 3.63) is 29.8 Å². The summed E-state index contributed by atoms with van der Waals surface area (Å²) in [5.41, 5.74) is 0.882. The quantitative estimate of drug-likeness (QED) is 0.775. The Balaban J connectivity index is 1.64. The number of rotatable bonds is 5. The lowest BCUT2D eigenvalue weighted by Crippen LogP contribution is -2.19. The van der Waals surface area contributed by atoms with Crippen molar-refractivity contribution in [1.82, 2.24) is 10.3 Å². The topological polar surface area (TPSA) is 34.2 Å². The Morgan fingerprint density at radius 2 is 2.44 bits per heavy atom. The minimum absolute atomic E-state index is 0.279. The molecule has 1 aliphatic rings. The Hall–Kier alpha value is -1.00. The summed E-state index contributed by atoms with van der Waals surface area (Å²) in [7, 11) is 0. The summed E-state index contributed by atoms with van der Waals surface area (Å²) in [5, 5.41) is 3.27. The van der Waals surface area contributed by atoms with Gasteiger partial charge in [0.25, 0.3) is 0 Å². The molecule has 1 N–H and O–H groups in total. The Bertz CT molecular complexity index is 327. The molecule has 0 saturated carbocycles. The summed E-state index contributed by atoms with van der Waals surface area (Å²) in [6, 6.07) is 1.51. The molecule has 1 unspecified atom stereocenters. The Morgan fingerprint density at radius 1 is 1.50 bits per heavy atom. The molecule has 1 aliphatic heterocycles. The Morgan fingerprint density at radius 3 is 3.19 bits per heavy atom. The Labute approximate surface area is 95.0 Å². The molecular weight excluding hydrogens is 207 g/mol. The van der Waals surface area contributed by atoms with Crippen LogP contribution < -0.4 is 5.32 Å². The van der Waals surface area contributed by atoms with Gasteiger partial charge in [-0.15, -0.1) is 0 Å². The molecule has 4 heteroatoms. The zero-order valence-corrected chi connectivity index (χ0v) is 9.29. The van der Waals surface area contributed by atoms with E-state index in [1.165, 1.54) is 25.1 Å². The van der Waals surface area contributed by atoms with Gasteiger partial charge in [0.05, 0.1) is 12.3 Å². The van der Waals surface area contributed by atoms with Gasteiger partial charge in [0.1, 0.15) is 5.82 Å². The summed E-state index contributed by atoms with van der Waals surface area (Å²) in [5.74, 6) is -0.279. The third kappa shape index (κ3) is 3.54. The van der Waals surface area contributed by atoms with Crippen LogP contribution in [0.4, 0.5) is 4.39 Å². The molecule has 1 fully saturated rings. The fraction of sp³-hybridized carbons (Fsp3) is 0.583. The first-order chi connectivity index (χ1) is 7.84. The predicted octanol–water partition coefficient (Wildman–Crippen LogP) is 1.88. The first-order valence-electron chi connectivity index (χ1n) is 5.76. The summed E-state index contributed by atoms with van der Waals surface area (Å²) in [4.78, 5) is 3.80. The number of nitrogens with zero attached hydrogens (tertiary/aromatic N) is 1. The van der Waals surface area contributed by atoms with Crippen LogP contribution >= 0.6 is 0 Å². The third-order valence-corrected chi connectivity index (χ3v) is 2.76. The van der Waals surface area contributed by atoms with Crippen LogP contribution in [0.3, 0.4) is 0 Å². The molecule has 88 valence electrons. The maximum atomic E-state index is 12.8. The van der Waals surface area contributed by atoms with Gasteiger partial charge < -0.3 is 10.1 Å². The lowest BCUT2D eigenvalue weighted by molar-refractivity contribution is 0.104. The average Bonchev–Trinajstić information content (AvgIpc) is 2.77. The summed E-state index contributed by atoms with van der Waals surface area (Å²) in [6.07, 6.45) is 6.70. The van der Waals surface area contributed by atoms with E-state index in [1.54, 1.807) is 6.20 Å². The van der Waals surface area contributed by atoms with Crippen molar-refractivity contribution >= 4 is 0 Å². The fourth-order valence-corrected chi connectivity index (χ4v) is 1.92. The molecular formula is C12H17FN2O. The molecule has 0 bridgehead atoms. The van der Waals surface area contributed by atoms with Crippen molar-refractivity contribution in [3.63, 3.8) is 0 Å². The number of ether oxygens (including phenoxy) is 1. The van der Waals surface area contributed by atoms with Gasteiger partial charge in [0.15, 0.2) is 0 Å². The lowest BCUT2D eigenvalue weighted by Gasteiger charge is -2.09. The molecule has 0 spiro atoms. The molecule has 16 heavy (non-hydrogen) atoms. The van der Waals surface area contributed by atoms with Gasteiger partial charge in [-0.3, -0.25) is 4.98 Å². The van der Waals surface area contributed by atoms with Crippen molar-refractivity contribution in [3.8, 4) is 0 Å². The Kier molecular flexibility index (Phi) is 4.25. The van der Waals surface area contributed by atoms with Crippen LogP contribution in [-0.2, 0) is 11.3 Å². The number of hydrogen-bond acceptors (Lipinski definition) is 3. The number of halogens is 1. The molecule has 2 rings (SSSR count). The third-order valence-electron chi connectivity index (χ3n) is 2.76. The van der Waals surface area contributed by atoms with E-state index in [0.717, 1.165) is 25.1 Å². The van der Waals surface area contributed by atoms with E-state index in [1.807, 2.05) is 0 Å². The minimum Gasteiger partial charge on any atom is -0.378 e. The zero-order valence-electron chi connectivity index (χ0n) is 9.29. The largest absolute Gasteiger partial charge is 0.378 e.